The summed E-state index contributed by atoms with van der Waals surface area (Å²) in [6.07, 6.45) is 0. The van der Waals surface area contributed by atoms with Gasteiger partial charge in [-0.3, -0.25) is 9.80 Å². The van der Waals surface area contributed by atoms with Gasteiger partial charge in [-0.2, -0.15) is 0 Å². The second kappa shape index (κ2) is 8.91. The summed E-state index contributed by atoms with van der Waals surface area (Å²) < 4.78 is 0. The average Bonchev–Trinajstić information content (AvgIpc) is 2.71. The molecule has 4 rings (SSSR count). The molecule has 1 heterocycles. The molecule has 3 aromatic rings. The van der Waals surface area contributed by atoms with Crippen molar-refractivity contribution in [2.24, 2.45) is 0 Å². The molecular weight excluding hydrogens is 364 g/mol. The summed E-state index contributed by atoms with van der Waals surface area (Å²) in [5.41, 5.74) is 6.69. The SMILES string of the molecule is Cc1cccc(CN2CCN(Cc3ccccc3-c3ccc(Cl)cc3)CC2)c1. The van der Waals surface area contributed by atoms with Gasteiger partial charge in [0.05, 0.1) is 0 Å². The second-order valence-electron chi connectivity index (χ2n) is 7.71. The second-order valence-corrected chi connectivity index (χ2v) is 8.14. The highest BCUT2D eigenvalue weighted by Gasteiger charge is 2.18. The minimum atomic E-state index is 0.783. The van der Waals surface area contributed by atoms with Crippen molar-refractivity contribution in [3.8, 4) is 11.1 Å². The molecule has 1 aliphatic heterocycles. The summed E-state index contributed by atoms with van der Waals surface area (Å²) in [4.78, 5) is 5.14. The van der Waals surface area contributed by atoms with Crippen LogP contribution in [-0.4, -0.2) is 36.0 Å². The topological polar surface area (TPSA) is 6.48 Å². The molecular formula is C25H27ClN2. The fourth-order valence-electron chi connectivity index (χ4n) is 3.98. The van der Waals surface area contributed by atoms with Gasteiger partial charge < -0.3 is 0 Å². The highest BCUT2D eigenvalue weighted by molar-refractivity contribution is 6.30. The Morgan fingerprint density at radius 3 is 2.14 bits per heavy atom. The molecule has 3 heteroatoms. The van der Waals surface area contributed by atoms with E-state index in [1.807, 2.05) is 12.1 Å². The third kappa shape index (κ3) is 4.82. The number of aryl methyl sites for hydroxylation is 1. The molecule has 0 spiro atoms. The average molecular weight is 391 g/mol. The Hall–Kier alpha value is -2.13. The van der Waals surface area contributed by atoms with Gasteiger partial charge in [0.25, 0.3) is 0 Å². The van der Waals surface area contributed by atoms with Crippen LogP contribution in [0, 0.1) is 6.92 Å². The molecule has 1 saturated heterocycles. The van der Waals surface area contributed by atoms with E-state index in [-0.39, 0.29) is 0 Å². The first-order valence-corrected chi connectivity index (χ1v) is 10.4. The maximum Gasteiger partial charge on any atom is 0.0406 e. The summed E-state index contributed by atoms with van der Waals surface area (Å²) in [7, 11) is 0. The fraction of sp³-hybridized carbons (Fsp3) is 0.280. The first kappa shape index (κ1) is 19.2. The van der Waals surface area contributed by atoms with E-state index in [0.29, 0.717) is 0 Å². The Labute approximate surface area is 173 Å². The van der Waals surface area contributed by atoms with E-state index in [1.54, 1.807) is 0 Å². The summed E-state index contributed by atoms with van der Waals surface area (Å²) in [6.45, 7) is 8.68. The summed E-state index contributed by atoms with van der Waals surface area (Å²) in [5.74, 6) is 0. The van der Waals surface area contributed by atoms with Crippen molar-refractivity contribution in [1.82, 2.24) is 9.80 Å². The van der Waals surface area contributed by atoms with Gasteiger partial charge in [0.15, 0.2) is 0 Å². The maximum atomic E-state index is 6.06. The molecule has 0 aliphatic carbocycles. The van der Waals surface area contributed by atoms with Crippen molar-refractivity contribution < 1.29 is 0 Å². The Bertz CT molecular complexity index is 912. The van der Waals surface area contributed by atoms with Gasteiger partial charge >= 0.3 is 0 Å². The fourth-order valence-corrected chi connectivity index (χ4v) is 4.11. The normalized spacial score (nSPS) is 15.6. The first-order chi connectivity index (χ1) is 13.7. The third-order valence-corrected chi connectivity index (χ3v) is 5.77. The van der Waals surface area contributed by atoms with Crippen LogP contribution in [0.15, 0.2) is 72.8 Å². The largest absolute Gasteiger partial charge is 0.297 e. The van der Waals surface area contributed by atoms with Gasteiger partial charge in [-0.25, -0.2) is 0 Å². The first-order valence-electron chi connectivity index (χ1n) is 10.0. The van der Waals surface area contributed by atoms with Crippen molar-refractivity contribution in [3.63, 3.8) is 0 Å². The number of piperazine rings is 1. The van der Waals surface area contributed by atoms with Crippen molar-refractivity contribution in [2.45, 2.75) is 20.0 Å². The smallest absolute Gasteiger partial charge is 0.0406 e. The lowest BCUT2D eigenvalue weighted by Crippen LogP contribution is -2.45. The van der Waals surface area contributed by atoms with E-state index in [1.165, 1.54) is 27.8 Å². The lowest BCUT2D eigenvalue weighted by atomic mass is 9.99. The van der Waals surface area contributed by atoms with Gasteiger partial charge in [-0.15, -0.1) is 0 Å². The number of hydrogen-bond donors (Lipinski definition) is 0. The molecule has 2 nitrogen and oxygen atoms in total. The van der Waals surface area contributed by atoms with E-state index in [4.69, 9.17) is 11.6 Å². The molecule has 0 unspecified atom stereocenters. The maximum absolute atomic E-state index is 6.06. The van der Waals surface area contributed by atoms with Gasteiger partial charge in [0.2, 0.25) is 0 Å². The lowest BCUT2D eigenvalue weighted by Gasteiger charge is -2.35. The zero-order chi connectivity index (χ0) is 19.3. The molecule has 0 atom stereocenters. The predicted octanol–water partition coefficient (Wildman–Crippen LogP) is 5.63. The van der Waals surface area contributed by atoms with Crippen LogP contribution in [0.25, 0.3) is 11.1 Å². The van der Waals surface area contributed by atoms with E-state index < -0.39 is 0 Å². The minimum Gasteiger partial charge on any atom is -0.297 e. The molecule has 1 fully saturated rings. The summed E-state index contributed by atoms with van der Waals surface area (Å²) in [5, 5.41) is 0.783. The van der Waals surface area contributed by atoms with Crippen LogP contribution in [0.5, 0.6) is 0 Å². The van der Waals surface area contributed by atoms with Crippen LogP contribution in [-0.2, 0) is 13.1 Å². The molecule has 0 N–H and O–H groups in total. The van der Waals surface area contributed by atoms with Crippen molar-refractivity contribution >= 4 is 11.6 Å². The van der Waals surface area contributed by atoms with E-state index in [2.05, 4.69) is 77.4 Å². The highest BCUT2D eigenvalue weighted by atomic mass is 35.5. The molecule has 28 heavy (non-hydrogen) atoms. The van der Waals surface area contributed by atoms with E-state index in [9.17, 15) is 0 Å². The number of rotatable bonds is 5. The monoisotopic (exact) mass is 390 g/mol. The molecule has 0 bridgehead atoms. The Kier molecular flexibility index (Phi) is 6.11. The molecule has 0 aromatic heterocycles. The van der Waals surface area contributed by atoms with Crippen molar-refractivity contribution in [3.05, 3.63) is 94.5 Å². The Balaban J connectivity index is 1.38. The molecule has 0 saturated carbocycles. The molecule has 1 aliphatic rings. The van der Waals surface area contributed by atoms with Crippen molar-refractivity contribution in [2.75, 3.05) is 26.2 Å². The predicted molar refractivity (Wildman–Crippen MR) is 119 cm³/mol. The van der Waals surface area contributed by atoms with Gasteiger partial charge in [0, 0.05) is 44.3 Å². The van der Waals surface area contributed by atoms with Crippen LogP contribution in [0.3, 0.4) is 0 Å². The van der Waals surface area contributed by atoms with Crippen LogP contribution in [0.2, 0.25) is 5.02 Å². The van der Waals surface area contributed by atoms with Gasteiger partial charge in [-0.05, 0) is 41.3 Å². The summed E-state index contributed by atoms with van der Waals surface area (Å²) in [6, 6.07) is 25.8. The Morgan fingerprint density at radius 1 is 0.750 bits per heavy atom. The number of hydrogen-bond acceptors (Lipinski definition) is 2. The number of nitrogens with zero attached hydrogens (tertiary/aromatic N) is 2. The minimum absolute atomic E-state index is 0.783. The third-order valence-electron chi connectivity index (χ3n) is 5.52. The highest BCUT2D eigenvalue weighted by Crippen LogP contribution is 2.26. The number of benzene rings is 3. The summed E-state index contributed by atoms with van der Waals surface area (Å²) >= 11 is 6.06. The van der Waals surface area contributed by atoms with Crippen LogP contribution in [0.4, 0.5) is 0 Å². The van der Waals surface area contributed by atoms with Gasteiger partial charge in [0.1, 0.15) is 0 Å². The van der Waals surface area contributed by atoms with Gasteiger partial charge in [-0.1, -0.05) is 77.8 Å². The van der Waals surface area contributed by atoms with Crippen LogP contribution in [0.1, 0.15) is 16.7 Å². The standard InChI is InChI=1S/C25H27ClN2/c1-20-5-4-6-21(17-20)18-27-13-15-28(16-14-27)19-23-7-2-3-8-25(23)22-9-11-24(26)12-10-22/h2-12,17H,13-16,18-19H2,1H3. The quantitative estimate of drug-likeness (QED) is 0.556. The Morgan fingerprint density at radius 2 is 1.43 bits per heavy atom. The molecule has 0 amide bonds. The molecule has 0 radical (unpaired) electrons. The zero-order valence-electron chi connectivity index (χ0n) is 16.4. The zero-order valence-corrected chi connectivity index (χ0v) is 17.2. The molecule has 144 valence electrons. The van der Waals surface area contributed by atoms with Crippen LogP contribution >= 0.6 is 11.6 Å². The van der Waals surface area contributed by atoms with Crippen molar-refractivity contribution in [1.29, 1.82) is 0 Å². The van der Waals surface area contributed by atoms with E-state index in [0.717, 1.165) is 44.3 Å². The molecule has 3 aromatic carbocycles. The number of halogens is 1. The lowest BCUT2D eigenvalue weighted by molar-refractivity contribution is 0.122. The van der Waals surface area contributed by atoms with E-state index >= 15 is 0 Å². The van der Waals surface area contributed by atoms with Crippen LogP contribution < -0.4 is 0 Å².